The number of carbonyl (C=O) groups excluding carboxylic acids is 1. The summed E-state index contributed by atoms with van der Waals surface area (Å²) in [6.07, 6.45) is 0. The summed E-state index contributed by atoms with van der Waals surface area (Å²) in [4.78, 5) is 13.2. The molecule has 0 saturated heterocycles. The van der Waals surface area contributed by atoms with E-state index in [0.29, 0.717) is 30.4 Å². The number of hydrogen-bond acceptors (Lipinski definition) is 5. The van der Waals surface area contributed by atoms with Gasteiger partial charge in [-0.3, -0.25) is 9.10 Å². The third kappa shape index (κ3) is 5.65. The lowest BCUT2D eigenvalue weighted by molar-refractivity contribution is -0.120. The third-order valence-electron chi connectivity index (χ3n) is 6.09. The standard InChI is InChI=1S/C28H32N2O5S/c1-20(21-10-12-22(13-11-21)28(2,3)4)29-27(31)19-30(36(32,33)24-8-6-5-7-9-24)23-14-15-25-26(18-23)35-17-16-34-25/h5-15,18,20H,16-17,19H2,1-4H3,(H,29,31)/t20-/m0/s1. The van der Waals surface area contributed by atoms with Crippen LogP contribution in [-0.4, -0.2) is 34.1 Å². The Hall–Kier alpha value is -3.52. The van der Waals surface area contributed by atoms with Crippen LogP contribution >= 0.6 is 0 Å². The van der Waals surface area contributed by atoms with E-state index in [1.807, 2.05) is 19.1 Å². The SMILES string of the molecule is C[C@H](NC(=O)CN(c1ccc2c(c1)OCCO2)S(=O)(=O)c1ccccc1)c1ccc(C(C)(C)C)cc1. The summed E-state index contributed by atoms with van der Waals surface area (Å²) >= 11 is 0. The summed E-state index contributed by atoms with van der Waals surface area (Å²) in [5, 5.41) is 2.94. The van der Waals surface area contributed by atoms with Crippen LogP contribution in [0.3, 0.4) is 0 Å². The summed E-state index contributed by atoms with van der Waals surface area (Å²) in [6.45, 7) is 8.72. The number of amides is 1. The number of rotatable bonds is 7. The number of nitrogens with zero attached hydrogens (tertiary/aromatic N) is 1. The minimum absolute atomic E-state index is 0.0287. The average Bonchev–Trinajstić information content (AvgIpc) is 2.87. The smallest absolute Gasteiger partial charge is 0.264 e. The highest BCUT2D eigenvalue weighted by Gasteiger charge is 2.29. The van der Waals surface area contributed by atoms with Gasteiger partial charge in [-0.2, -0.15) is 0 Å². The molecule has 0 bridgehead atoms. The molecule has 1 amide bonds. The first-order valence-corrected chi connectivity index (χ1v) is 13.4. The van der Waals surface area contributed by atoms with Crippen molar-refractivity contribution in [1.29, 1.82) is 0 Å². The number of ether oxygens (including phenoxy) is 2. The molecular weight excluding hydrogens is 476 g/mol. The first kappa shape index (κ1) is 25.6. The van der Waals surface area contributed by atoms with Crippen molar-refractivity contribution in [3.05, 3.63) is 83.9 Å². The Labute approximate surface area is 213 Å². The van der Waals surface area contributed by atoms with E-state index >= 15 is 0 Å². The van der Waals surface area contributed by atoms with Gasteiger partial charge >= 0.3 is 0 Å². The summed E-state index contributed by atoms with van der Waals surface area (Å²) in [6, 6.07) is 20.7. The van der Waals surface area contributed by atoms with Crippen LogP contribution in [0.4, 0.5) is 5.69 Å². The highest BCUT2D eigenvalue weighted by molar-refractivity contribution is 7.92. The Morgan fingerprint density at radius 2 is 1.58 bits per heavy atom. The molecule has 0 spiro atoms. The predicted octanol–water partition coefficient (Wildman–Crippen LogP) is 4.83. The van der Waals surface area contributed by atoms with Gasteiger partial charge in [-0.25, -0.2) is 8.42 Å². The van der Waals surface area contributed by atoms with Gasteiger partial charge < -0.3 is 14.8 Å². The van der Waals surface area contributed by atoms with Gasteiger partial charge in [0.05, 0.1) is 16.6 Å². The highest BCUT2D eigenvalue weighted by atomic mass is 32.2. The lowest BCUT2D eigenvalue weighted by atomic mass is 9.86. The van der Waals surface area contributed by atoms with Crippen LogP contribution < -0.4 is 19.1 Å². The molecule has 7 nitrogen and oxygen atoms in total. The molecule has 36 heavy (non-hydrogen) atoms. The Kier molecular flexibility index (Phi) is 7.26. The van der Waals surface area contributed by atoms with E-state index < -0.39 is 15.9 Å². The summed E-state index contributed by atoms with van der Waals surface area (Å²) in [7, 11) is -4.02. The third-order valence-corrected chi connectivity index (χ3v) is 7.87. The fraction of sp³-hybridized carbons (Fsp3) is 0.321. The number of nitrogens with one attached hydrogen (secondary N) is 1. The van der Waals surface area contributed by atoms with Gasteiger partial charge in [-0.05, 0) is 47.7 Å². The Morgan fingerprint density at radius 1 is 0.944 bits per heavy atom. The summed E-state index contributed by atoms with van der Waals surface area (Å²) < 4.78 is 39.5. The molecule has 0 radical (unpaired) electrons. The van der Waals surface area contributed by atoms with Crippen molar-refractivity contribution in [2.75, 3.05) is 24.1 Å². The lowest BCUT2D eigenvalue weighted by Crippen LogP contribution is -2.41. The molecule has 4 rings (SSSR count). The van der Waals surface area contributed by atoms with Crippen molar-refractivity contribution in [3.8, 4) is 11.5 Å². The number of fused-ring (bicyclic) bond motifs is 1. The quantitative estimate of drug-likeness (QED) is 0.494. The first-order chi connectivity index (χ1) is 17.1. The summed E-state index contributed by atoms with van der Waals surface area (Å²) in [5.41, 5.74) is 2.48. The van der Waals surface area contributed by atoms with Gasteiger partial charge in [0.2, 0.25) is 5.91 Å². The minimum atomic E-state index is -4.02. The maximum atomic E-state index is 13.6. The number of sulfonamides is 1. The average molecular weight is 509 g/mol. The van der Waals surface area contributed by atoms with Gasteiger partial charge in [-0.15, -0.1) is 0 Å². The van der Waals surface area contributed by atoms with E-state index in [-0.39, 0.29) is 22.9 Å². The van der Waals surface area contributed by atoms with Gasteiger partial charge in [0, 0.05) is 6.07 Å². The van der Waals surface area contributed by atoms with Crippen LogP contribution in [0.15, 0.2) is 77.7 Å². The van der Waals surface area contributed by atoms with Gasteiger partial charge in [-0.1, -0.05) is 63.2 Å². The number of carbonyl (C=O) groups is 1. The molecule has 1 heterocycles. The molecular formula is C28H32N2O5S. The Bertz CT molecular complexity index is 1320. The number of benzene rings is 3. The monoisotopic (exact) mass is 508 g/mol. The van der Waals surface area contributed by atoms with Crippen LogP contribution in [0.1, 0.15) is 44.9 Å². The fourth-order valence-corrected chi connectivity index (χ4v) is 5.43. The van der Waals surface area contributed by atoms with Gasteiger partial charge in [0.1, 0.15) is 19.8 Å². The minimum Gasteiger partial charge on any atom is -0.486 e. The second-order valence-corrected chi connectivity index (χ2v) is 11.7. The highest BCUT2D eigenvalue weighted by Crippen LogP contribution is 2.35. The predicted molar refractivity (Wildman–Crippen MR) is 140 cm³/mol. The number of hydrogen-bond donors (Lipinski definition) is 1. The topological polar surface area (TPSA) is 84.9 Å². The van der Waals surface area contributed by atoms with Crippen molar-refractivity contribution in [2.45, 2.75) is 44.0 Å². The van der Waals surface area contributed by atoms with Crippen molar-refractivity contribution in [1.82, 2.24) is 5.32 Å². The molecule has 1 aliphatic heterocycles. The molecule has 0 aliphatic carbocycles. The normalized spacial score (nSPS) is 14.1. The zero-order chi connectivity index (χ0) is 25.9. The molecule has 3 aromatic carbocycles. The van der Waals surface area contributed by atoms with Crippen LogP contribution in [0.5, 0.6) is 11.5 Å². The first-order valence-electron chi connectivity index (χ1n) is 11.9. The van der Waals surface area contributed by atoms with Crippen molar-refractivity contribution >= 4 is 21.6 Å². The van der Waals surface area contributed by atoms with E-state index in [0.717, 1.165) is 9.87 Å². The zero-order valence-electron chi connectivity index (χ0n) is 21.0. The van der Waals surface area contributed by atoms with Crippen molar-refractivity contribution in [2.24, 2.45) is 0 Å². The molecule has 3 aromatic rings. The zero-order valence-corrected chi connectivity index (χ0v) is 21.8. The van der Waals surface area contributed by atoms with E-state index in [4.69, 9.17) is 9.47 Å². The van der Waals surface area contributed by atoms with Crippen LogP contribution in [0.2, 0.25) is 0 Å². The van der Waals surface area contributed by atoms with E-state index in [1.165, 1.54) is 17.7 Å². The second kappa shape index (κ2) is 10.2. The molecule has 0 fully saturated rings. The molecule has 1 aliphatic rings. The lowest BCUT2D eigenvalue weighted by Gasteiger charge is -2.27. The molecule has 0 unspecified atom stereocenters. The second-order valence-electron chi connectivity index (χ2n) is 9.81. The van der Waals surface area contributed by atoms with Crippen LogP contribution in [-0.2, 0) is 20.2 Å². The van der Waals surface area contributed by atoms with E-state index in [2.05, 4.69) is 38.2 Å². The maximum absolute atomic E-state index is 13.6. The van der Waals surface area contributed by atoms with E-state index in [9.17, 15) is 13.2 Å². The number of anilines is 1. The maximum Gasteiger partial charge on any atom is 0.264 e. The Balaban J connectivity index is 1.59. The van der Waals surface area contributed by atoms with Gasteiger partial charge in [0.25, 0.3) is 10.0 Å². The van der Waals surface area contributed by atoms with Crippen molar-refractivity contribution < 1.29 is 22.7 Å². The Morgan fingerprint density at radius 3 is 2.22 bits per heavy atom. The molecule has 8 heteroatoms. The van der Waals surface area contributed by atoms with Crippen molar-refractivity contribution in [3.63, 3.8) is 0 Å². The molecule has 0 aromatic heterocycles. The molecule has 1 atom stereocenters. The van der Waals surface area contributed by atoms with Gasteiger partial charge in [0.15, 0.2) is 11.5 Å². The largest absolute Gasteiger partial charge is 0.486 e. The summed E-state index contributed by atoms with van der Waals surface area (Å²) in [5.74, 6) is 0.565. The fourth-order valence-electron chi connectivity index (χ4n) is 3.99. The molecule has 1 N–H and O–H groups in total. The van der Waals surface area contributed by atoms with Crippen LogP contribution in [0, 0.1) is 0 Å². The van der Waals surface area contributed by atoms with E-state index in [1.54, 1.807) is 36.4 Å². The molecule has 0 saturated carbocycles. The van der Waals surface area contributed by atoms with Crippen LogP contribution in [0.25, 0.3) is 0 Å². The molecule has 190 valence electrons.